The maximum Gasteiger partial charge on any atom is 0.236 e. The highest BCUT2D eigenvalue weighted by atomic mass is 32.2. The molecule has 0 saturated carbocycles. The molecular weight excluding hydrogens is 276 g/mol. The molecule has 0 aliphatic rings. The Kier molecular flexibility index (Phi) is 4.99. The first-order chi connectivity index (χ1) is 9.15. The maximum atomic E-state index is 11.8. The molecule has 1 amide bonds. The Balaban J connectivity index is 1.84. The average Bonchev–Trinajstić information content (AvgIpc) is 2.86. The summed E-state index contributed by atoms with van der Waals surface area (Å²) in [5.74, 6) is 0.778. The number of thioether (sulfide) groups is 1. The fourth-order valence-electron chi connectivity index (χ4n) is 1.43. The predicted octanol–water partition coefficient (Wildman–Crippen LogP) is 4.00. The van der Waals surface area contributed by atoms with Crippen molar-refractivity contribution < 1.29 is 4.79 Å². The summed E-state index contributed by atoms with van der Waals surface area (Å²) in [6.07, 6.45) is 0. The van der Waals surface area contributed by atoms with Gasteiger partial charge in [-0.1, -0.05) is 32.0 Å². The molecule has 0 bridgehead atoms. The number of carbonyl (C=O) groups is 1. The second kappa shape index (κ2) is 6.73. The van der Waals surface area contributed by atoms with E-state index in [4.69, 9.17) is 0 Å². The average molecular weight is 292 g/mol. The van der Waals surface area contributed by atoms with Gasteiger partial charge in [0.1, 0.15) is 0 Å². The van der Waals surface area contributed by atoms with Crippen molar-refractivity contribution in [2.45, 2.75) is 24.7 Å². The topological polar surface area (TPSA) is 42.0 Å². The van der Waals surface area contributed by atoms with E-state index in [1.165, 1.54) is 23.1 Å². The summed E-state index contributed by atoms with van der Waals surface area (Å²) in [5, 5.41) is 5.51. The highest BCUT2D eigenvalue weighted by molar-refractivity contribution is 8.00. The molecular formula is C14H16N2OS2. The number of aromatic nitrogens is 1. The van der Waals surface area contributed by atoms with Crippen molar-refractivity contribution in [3.05, 3.63) is 41.4 Å². The Hall–Kier alpha value is -1.33. The Morgan fingerprint density at radius 2 is 2.11 bits per heavy atom. The Bertz CT molecular complexity index is 537. The minimum Gasteiger partial charge on any atom is -0.301 e. The predicted molar refractivity (Wildman–Crippen MR) is 82.0 cm³/mol. The van der Waals surface area contributed by atoms with Gasteiger partial charge in [0.2, 0.25) is 5.91 Å². The monoisotopic (exact) mass is 292 g/mol. The van der Waals surface area contributed by atoms with Crippen LogP contribution in [0.5, 0.6) is 0 Å². The van der Waals surface area contributed by atoms with Crippen LogP contribution in [0, 0.1) is 0 Å². The molecule has 0 unspecified atom stereocenters. The van der Waals surface area contributed by atoms with Gasteiger partial charge in [0.25, 0.3) is 0 Å². The molecule has 100 valence electrons. The number of hydrogen-bond donors (Lipinski definition) is 1. The lowest BCUT2D eigenvalue weighted by Crippen LogP contribution is -2.13. The quantitative estimate of drug-likeness (QED) is 0.847. The third kappa shape index (κ3) is 4.36. The van der Waals surface area contributed by atoms with Crippen LogP contribution in [-0.2, 0) is 4.79 Å². The number of amides is 1. The smallest absolute Gasteiger partial charge is 0.236 e. The second-order valence-corrected chi connectivity index (χ2v) is 6.29. The summed E-state index contributed by atoms with van der Waals surface area (Å²) < 4.78 is 0. The fraction of sp³-hybridized carbons (Fsp3) is 0.286. The van der Waals surface area contributed by atoms with Gasteiger partial charge in [0.05, 0.1) is 11.4 Å². The van der Waals surface area contributed by atoms with Crippen LogP contribution in [0.25, 0.3) is 0 Å². The standard InChI is InChI=1S/C14H16N2OS2/c1-10(2)12-8-19-14(15-12)16-13(17)9-18-11-6-4-3-5-7-11/h3-8,10H,9H2,1-2H3,(H,15,16,17). The molecule has 2 rings (SSSR count). The van der Waals surface area contributed by atoms with Gasteiger partial charge in [-0.05, 0) is 18.1 Å². The summed E-state index contributed by atoms with van der Waals surface area (Å²) >= 11 is 3.00. The van der Waals surface area contributed by atoms with E-state index in [2.05, 4.69) is 24.1 Å². The fourth-order valence-corrected chi connectivity index (χ4v) is 3.04. The highest BCUT2D eigenvalue weighted by Crippen LogP contribution is 2.22. The number of rotatable bonds is 5. The Morgan fingerprint density at radius 1 is 1.37 bits per heavy atom. The lowest BCUT2D eigenvalue weighted by atomic mass is 10.2. The van der Waals surface area contributed by atoms with Crippen LogP contribution in [0.1, 0.15) is 25.5 Å². The third-order valence-corrected chi connectivity index (χ3v) is 4.26. The molecule has 2 aromatic rings. The van der Waals surface area contributed by atoms with E-state index in [-0.39, 0.29) is 5.91 Å². The molecule has 0 spiro atoms. The van der Waals surface area contributed by atoms with E-state index < -0.39 is 0 Å². The zero-order chi connectivity index (χ0) is 13.7. The van der Waals surface area contributed by atoms with Gasteiger partial charge in [0, 0.05) is 10.3 Å². The van der Waals surface area contributed by atoms with E-state index in [9.17, 15) is 4.79 Å². The molecule has 1 aromatic carbocycles. The van der Waals surface area contributed by atoms with Crippen molar-refractivity contribution in [2.75, 3.05) is 11.1 Å². The summed E-state index contributed by atoms with van der Waals surface area (Å²) in [6.45, 7) is 4.18. The first kappa shape index (κ1) is 14.1. The second-order valence-electron chi connectivity index (χ2n) is 4.38. The number of carbonyl (C=O) groups excluding carboxylic acids is 1. The van der Waals surface area contributed by atoms with Crippen LogP contribution in [-0.4, -0.2) is 16.6 Å². The third-order valence-electron chi connectivity index (χ3n) is 2.47. The minimum absolute atomic E-state index is 0.0153. The van der Waals surface area contributed by atoms with Crippen LogP contribution in [0.15, 0.2) is 40.6 Å². The van der Waals surface area contributed by atoms with Gasteiger partial charge in [-0.3, -0.25) is 4.79 Å². The van der Waals surface area contributed by atoms with E-state index in [1.807, 2.05) is 35.7 Å². The SMILES string of the molecule is CC(C)c1csc(NC(=O)CSc2ccccc2)n1. The van der Waals surface area contributed by atoms with Crippen molar-refractivity contribution >= 4 is 34.1 Å². The lowest BCUT2D eigenvalue weighted by molar-refractivity contribution is -0.113. The van der Waals surface area contributed by atoms with Gasteiger partial charge >= 0.3 is 0 Å². The number of nitrogens with one attached hydrogen (secondary N) is 1. The molecule has 0 saturated heterocycles. The summed E-state index contributed by atoms with van der Waals surface area (Å²) in [5.41, 5.74) is 1.02. The largest absolute Gasteiger partial charge is 0.301 e. The number of anilines is 1. The number of nitrogens with zero attached hydrogens (tertiary/aromatic N) is 1. The lowest BCUT2D eigenvalue weighted by Gasteiger charge is -2.02. The Labute approximate surface area is 121 Å². The van der Waals surface area contributed by atoms with Crippen LogP contribution in [0.4, 0.5) is 5.13 Å². The molecule has 5 heteroatoms. The maximum absolute atomic E-state index is 11.8. The molecule has 3 nitrogen and oxygen atoms in total. The zero-order valence-electron chi connectivity index (χ0n) is 10.9. The first-order valence-electron chi connectivity index (χ1n) is 6.08. The van der Waals surface area contributed by atoms with Gasteiger partial charge in [-0.2, -0.15) is 0 Å². The molecule has 0 fully saturated rings. The summed E-state index contributed by atoms with van der Waals surface area (Å²) in [7, 11) is 0. The van der Waals surface area contributed by atoms with Crippen molar-refractivity contribution in [3.63, 3.8) is 0 Å². The number of thiazole rings is 1. The van der Waals surface area contributed by atoms with Crippen molar-refractivity contribution in [1.82, 2.24) is 4.98 Å². The molecule has 0 atom stereocenters. The number of hydrogen-bond acceptors (Lipinski definition) is 4. The normalized spacial score (nSPS) is 10.7. The summed E-state index contributed by atoms with van der Waals surface area (Å²) in [4.78, 5) is 17.3. The number of benzene rings is 1. The van der Waals surface area contributed by atoms with Gasteiger partial charge in [0.15, 0.2) is 5.13 Å². The summed E-state index contributed by atoms with van der Waals surface area (Å²) in [6, 6.07) is 9.90. The van der Waals surface area contributed by atoms with Crippen LogP contribution < -0.4 is 5.32 Å². The van der Waals surface area contributed by atoms with Gasteiger partial charge in [-0.15, -0.1) is 23.1 Å². The molecule has 1 aromatic heterocycles. The molecule has 0 aliphatic carbocycles. The van der Waals surface area contributed by atoms with Crippen molar-refractivity contribution in [1.29, 1.82) is 0 Å². The zero-order valence-corrected chi connectivity index (χ0v) is 12.6. The molecule has 19 heavy (non-hydrogen) atoms. The van der Waals surface area contributed by atoms with E-state index in [0.29, 0.717) is 16.8 Å². The highest BCUT2D eigenvalue weighted by Gasteiger charge is 2.09. The van der Waals surface area contributed by atoms with E-state index in [1.54, 1.807) is 0 Å². The molecule has 1 heterocycles. The first-order valence-corrected chi connectivity index (χ1v) is 7.95. The van der Waals surface area contributed by atoms with Crippen molar-refractivity contribution in [2.24, 2.45) is 0 Å². The van der Waals surface area contributed by atoms with Crippen molar-refractivity contribution in [3.8, 4) is 0 Å². The van der Waals surface area contributed by atoms with Crippen LogP contribution in [0.3, 0.4) is 0 Å². The molecule has 0 radical (unpaired) electrons. The van der Waals surface area contributed by atoms with Crippen LogP contribution >= 0.6 is 23.1 Å². The van der Waals surface area contributed by atoms with Crippen LogP contribution in [0.2, 0.25) is 0 Å². The Morgan fingerprint density at radius 3 is 2.74 bits per heavy atom. The van der Waals surface area contributed by atoms with E-state index in [0.717, 1.165) is 10.6 Å². The van der Waals surface area contributed by atoms with E-state index >= 15 is 0 Å². The molecule has 0 aliphatic heterocycles. The minimum atomic E-state index is -0.0153. The van der Waals surface area contributed by atoms with Gasteiger partial charge in [-0.25, -0.2) is 4.98 Å². The molecule has 1 N–H and O–H groups in total. The van der Waals surface area contributed by atoms with Gasteiger partial charge < -0.3 is 5.32 Å².